The minimum atomic E-state index is -3.50. The third kappa shape index (κ3) is 2.05. The molecule has 2 aromatic rings. The smallest absolute Gasteiger partial charge is 0.276 e. The van der Waals surface area contributed by atoms with Crippen molar-refractivity contribution in [2.45, 2.75) is 19.0 Å². The number of imidazole rings is 1. The van der Waals surface area contributed by atoms with Crippen molar-refractivity contribution in [1.29, 1.82) is 0 Å². The summed E-state index contributed by atoms with van der Waals surface area (Å²) in [5.74, 6) is 0. The van der Waals surface area contributed by atoms with Crippen LogP contribution in [0.5, 0.6) is 0 Å². The number of H-pyrrole nitrogens is 1. The first kappa shape index (κ1) is 12.1. The lowest BCUT2D eigenvalue weighted by atomic mass is 10.3. The lowest BCUT2D eigenvalue weighted by molar-refractivity contribution is 0.440. The molecule has 0 saturated carbocycles. The van der Waals surface area contributed by atoms with Gasteiger partial charge in [0.1, 0.15) is 0 Å². The van der Waals surface area contributed by atoms with Crippen molar-refractivity contribution in [3.8, 4) is 0 Å². The highest BCUT2D eigenvalue weighted by atomic mass is 32.2. The summed E-state index contributed by atoms with van der Waals surface area (Å²) in [6.45, 7) is 4.50. The predicted octanol–water partition coefficient (Wildman–Crippen LogP) is 1.59. The first-order valence-corrected chi connectivity index (χ1v) is 6.98. The molecule has 0 bridgehead atoms. The predicted molar refractivity (Wildman–Crippen MR) is 66.2 cm³/mol. The minimum absolute atomic E-state index is 0.0161. The lowest BCUT2D eigenvalue weighted by Crippen LogP contribution is -2.31. The van der Waals surface area contributed by atoms with E-state index in [1.165, 1.54) is 4.31 Å². The molecule has 1 aromatic heterocycles. The van der Waals surface area contributed by atoms with Crippen LogP contribution in [0.25, 0.3) is 11.0 Å². The molecule has 0 unspecified atom stereocenters. The third-order valence-corrected chi connectivity index (χ3v) is 4.54. The summed E-state index contributed by atoms with van der Waals surface area (Å²) in [5.41, 5.74) is 1.40. The van der Waals surface area contributed by atoms with E-state index in [1.54, 1.807) is 6.07 Å². The summed E-state index contributed by atoms with van der Waals surface area (Å²) in [6, 6.07) is 7.27. The summed E-state index contributed by atoms with van der Waals surface area (Å²) < 4.78 is 25.8. The Bertz CT molecular complexity index is 581. The van der Waals surface area contributed by atoms with Crippen LogP contribution in [-0.2, 0) is 10.0 Å². The average Bonchev–Trinajstić information content (AvgIpc) is 2.74. The molecule has 0 radical (unpaired) electrons. The van der Waals surface area contributed by atoms with Gasteiger partial charge < -0.3 is 4.98 Å². The Morgan fingerprint density at radius 2 is 1.88 bits per heavy atom. The topological polar surface area (TPSA) is 66.1 Å². The molecule has 0 atom stereocenters. The first-order chi connectivity index (χ1) is 8.09. The van der Waals surface area contributed by atoms with Crippen LogP contribution in [0.1, 0.15) is 13.8 Å². The average molecular weight is 253 g/mol. The zero-order valence-electron chi connectivity index (χ0n) is 9.84. The summed E-state index contributed by atoms with van der Waals surface area (Å²) in [7, 11) is -3.50. The zero-order chi connectivity index (χ0) is 12.5. The number of nitrogens with one attached hydrogen (secondary N) is 1. The van der Waals surface area contributed by atoms with Crippen molar-refractivity contribution in [1.82, 2.24) is 14.3 Å². The second-order valence-electron chi connectivity index (χ2n) is 3.65. The fraction of sp³-hybridized carbons (Fsp3) is 0.364. The Hall–Kier alpha value is -1.40. The third-order valence-electron chi connectivity index (χ3n) is 2.66. The van der Waals surface area contributed by atoms with Crippen molar-refractivity contribution in [2.24, 2.45) is 0 Å². The van der Waals surface area contributed by atoms with Crippen LogP contribution in [0, 0.1) is 0 Å². The zero-order valence-corrected chi connectivity index (χ0v) is 10.7. The molecule has 5 nitrogen and oxygen atoms in total. The molecule has 0 saturated heterocycles. The molecule has 2 rings (SSSR count). The van der Waals surface area contributed by atoms with Crippen LogP contribution in [0.2, 0.25) is 0 Å². The fourth-order valence-corrected chi connectivity index (χ4v) is 3.11. The molecule has 17 heavy (non-hydrogen) atoms. The van der Waals surface area contributed by atoms with Gasteiger partial charge in [-0.05, 0) is 12.1 Å². The van der Waals surface area contributed by atoms with Crippen molar-refractivity contribution >= 4 is 21.1 Å². The second-order valence-corrected chi connectivity index (χ2v) is 5.50. The first-order valence-electron chi connectivity index (χ1n) is 5.54. The molecule has 0 aliphatic heterocycles. The van der Waals surface area contributed by atoms with Gasteiger partial charge in [-0.3, -0.25) is 0 Å². The Balaban J connectivity index is 2.52. The summed E-state index contributed by atoms with van der Waals surface area (Å²) in [6.07, 6.45) is 0. The molecule has 1 aromatic carbocycles. The molecular weight excluding hydrogens is 238 g/mol. The van der Waals surface area contributed by atoms with Crippen LogP contribution in [-0.4, -0.2) is 35.8 Å². The number of nitrogens with zero attached hydrogens (tertiary/aromatic N) is 2. The number of hydrogen-bond acceptors (Lipinski definition) is 3. The van der Waals surface area contributed by atoms with Crippen molar-refractivity contribution in [2.75, 3.05) is 13.1 Å². The van der Waals surface area contributed by atoms with E-state index < -0.39 is 10.0 Å². The largest absolute Gasteiger partial charge is 0.328 e. The van der Waals surface area contributed by atoms with E-state index in [2.05, 4.69) is 9.97 Å². The van der Waals surface area contributed by atoms with Gasteiger partial charge in [0, 0.05) is 13.1 Å². The van der Waals surface area contributed by atoms with Gasteiger partial charge in [0.25, 0.3) is 10.0 Å². The van der Waals surface area contributed by atoms with E-state index in [4.69, 9.17) is 0 Å². The maximum atomic E-state index is 12.2. The quantitative estimate of drug-likeness (QED) is 0.900. The SMILES string of the molecule is CCN(CC)S(=O)(=O)c1nc2ccccc2[nH]1. The van der Waals surface area contributed by atoms with E-state index >= 15 is 0 Å². The van der Waals surface area contributed by atoms with Gasteiger partial charge in [-0.15, -0.1) is 0 Å². The van der Waals surface area contributed by atoms with Gasteiger partial charge in [0.15, 0.2) is 0 Å². The molecule has 0 aliphatic carbocycles. The van der Waals surface area contributed by atoms with Gasteiger partial charge >= 0.3 is 0 Å². The van der Waals surface area contributed by atoms with E-state index in [9.17, 15) is 8.42 Å². The molecule has 0 fully saturated rings. The molecule has 0 spiro atoms. The maximum Gasteiger partial charge on any atom is 0.276 e. The van der Waals surface area contributed by atoms with Crippen LogP contribution in [0.3, 0.4) is 0 Å². The molecule has 0 amide bonds. The normalized spacial score (nSPS) is 12.4. The maximum absolute atomic E-state index is 12.2. The number of para-hydroxylation sites is 2. The van der Waals surface area contributed by atoms with Crippen LogP contribution in [0.4, 0.5) is 0 Å². The Labute approximate surface area is 101 Å². The van der Waals surface area contributed by atoms with Gasteiger partial charge in [-0.25, -0.2) is 13.4 Å². The number of sulfonamides is 1. The molecule has 1 heterocycles. The summed E-state index contributed by atoms with van der Waals surface area (Å²) >= 11 is 0. The Morgan fingerprint density at radius 1 is 1.24 bits per heavy atom. The van der Waals surface area contributed by atoms with Crippen molar-refractivity contribution < 1.29 is 8.42 Å². The Morgan fingerprint density at radius 3 is 2.47 bits per heavy atom. The molecule has 0 aliphatic rings. The number of hydrogen-bond donors (Lipinski definition) is 1. The van der Waals surface area contributed by atoms with E-state index in [1.807, 2.05) is 32.0 Å². The second kappa shape index (κ2) is 4.46. The fourth-order valence-electron chi connectivity index (χ4n) is 1.74. The van der Waals surface area contributed by atoms with Gasteiger partial charge in [-0.2, -0.15) is 4.31 Å². The molecular formula is C11H15N3O2S. The molecule has 92 valence electrons. The minimum Gasteiger partial charge on any atom is -0.328 e. The van der Waals surface area contributed by atoms with Crippen LogP contribution in [0.15, 0.2) is 29.4 Å². The van der Waals surface area contributed by atoms with Gasteiger partial charge in [-0.1, -0.05) is 26.0 Å². The monoisotopic (exact) mass is 253 g/mol. The molecule has 6 heteroatoms. The van der Waals surface area contributed by atoms with E-state index in [0.29, 0.717) is 18.6 Å². The van der Waals surface area contributed by atoms with Gasteiger partial charge in [0.2, 0.25) is 5.16 Å². The Kier molecular flexibility index (Phi) is 3.17. The van der Waals surface area contributed by atoms with Crippen LogP contribution < -0.4 is 0 Å². The lowest BCUT2D eigenvalue weighted by Gasteiger charge is -2.15. The van der Waals surface area contributed by atoms with Crippen molar-refractivity contribution in [3.63, 3.8) is 0 Å². The number of benzene rings is 1. The molecule has 1 N–H and O–H groups in total. The number of fused-ring (bicyclic) bond motifs is 1. The standard InChI is InChI=1S/C11H15N3O2S/c1-3-14(4-2)17(15,16)11-12-9-7-5-6-8-10(9)13-11/h5-8H,3-4H2,1-2H3,(H,12,13). The van der Waals surface area contributed by atoms with E-state index in [-0.39, 0.29) is 5.16 Å². The summed E-state index contributed by atoms with van der Waals surface area (Å²) in [4.78, 5) is 6.96. The summed E-state index contributed by atoms with van der Waals surface area (Å²) in [5, 5.41) is 0.0161. The number of aromatic amines is 1. The highest BCUT2D eigenvalue weighted by Crippen LogP contribution is 2.17. The number of aromatic nitrogens is 2. The van der Waals surface area contributed by atoms with Gasteiger partial charge in [0.05, 0.1) is 11.0 Å². The van der Waals surface area contributed by atoms with Crippen LogP contribution >= 0.6 is 0 Å². The van der Waals surface area contributed by atoms with E-state index in [0.717, 1.165) is 5.52 Å². The number of rotatable bonds is 4. The highest BCUT2D eigenvalue weighted by Gasteiger charge is 2.24. The van der Waals surface area contributed by atoms with Crippen molar-refractivity contribution in [3.05, 3.63) is 24.3 Å². The highest BCUT2D eigenvalue weighted by molar-refractivity contribution is 7.89.